The molecule has 2 N–H and O–H groups in total. The molecule has 112 valence electrons. The Bertz CT molecular complexity index is 451. The molecule has 1 fully saturated rings. The van der Waals surface area contributed by atoms with Crippen LogP contribution in [0.5, 0.6) is 0 Å². The molecule has 0 saturated carbocycles. The first-order valence-corrected chi connectivity index (χ1v) is 8.01. The molecule has 20 heavy (non-hydrogen) atoms. The fourth-order valence-corrected chi connectivity index (χ4v) is 3.15. The van der Waals surface area contributed by atoms with Gasteiger partial charge in [-0.15, -0.1) is 24.2 Å². The van der Waals surface area contributed by atoms with Crippen LogP contribution in [0.3, 0.4) is 0 Å². The third-order valence-corrected chi connectivity index (χ3v) is 4.31. The number of hydrogen-bond acceptors (Lipinski definition) is 3. The number of rotatable bonds is 4. The highest BCUT2D eigenvalue weighted by molar-refractivity contribution is 7.99. The Kier molecular flexibility index (Phi) is 7.74. The molecule has 1 aliphatic heterocycles. The fourth-order valence-electron chi connectivity index (χ4n) is 2.20. The van der Waals surface area contributed by atoms with Crippen molar-refractivity contribution >= 4 is 41.7 Å². The SMILES string of the molecule is CCSc1ccc(Cl)cc1C(=O)N[C@H]1CCCNC1.Cl. The average Bonchev–Trinajstić information content (AvgIpc) is 2.42. The highest BCUT2D eigenvalue weighted by Crippen LogP contribution is 2.25. The van der Waals surface area contributed by atoms with Crippen LogP contribution in [0, 0.1) is 0 Å². The third kappa shape index (κ3) is 4.85. The predicted molar refractivity (Wildman–Crippen MR) is 88.5 cm³/mol. The van der Waals surface area contributed by atoms with Gasteiger partial charge in [0.2, 0.25) is 0 Å². The number of halogens is 2. The molecule has 1 saturated heterocycles. The Morgan fingerprint density at radius 3 is 3.00 bits per heavy atom. The number of benzene rings is 1. The summed E-state index contributed by atoms with van der Waals surface area (Å²) in [7, 11) is 0. The molecule has 0 aromatic heterocycles. The second kappa shape index (κ2) is 8.78. The van der Waals surface area contributed by atoms with Crippen LogP contribution in [-0.2, 0) is 0 Å². The Labute approximate surface area is 135 Å². The van der Waals surface area contributed by atoms with E-state index in [0.717, 1.165) is 36.6 Å². The molecule has 1 aromatic rings. The molecule has 2 rings (SSSR count). The second-order valence-electron chi connectivity index (χ2n) is 4.59. The van der Waals surface area contributed by atoms with Crippen molar-refractivity contribution in [1.29, 1.82) is 0 Å². The van der Waals surface area contributed by atoms with E-state index in [0.29, 0.717) is 10.6 Å². The molecular formula is C14H20Cl2N2OS. The van der Waals surface area contributed by atoms with E-state index in [-0.39, 0.29) is 24.4 Å². The largest absolute Gasteiger partial charge is 0.348 e. The summed E-state index contributed by atoms with van der Waals surface area (Å²) >= 11 is 7.67. The van der Waals surface area contributed by atoms with E-state index >= 15 is 0 Å². The molecule has 3 nitrogen and oxygen atoms in total. The Morgan fingerprint density at radius 2 is 2.35 bits per heavy atom. The maximum atomic E-state index is 12.3. The van der Waals surface area contributed by atoms with Gasteiger partial charge < -0.3 is 10.6 Å². The van der Waals surface area contributed by atoms with Crippen molar-refractivity contribution in [3.8, 4) is 0 Å². The van der Waals surface area contributed by atoms with Gasteiger partial charge in [0.25, 0.3) is 5.91 Å². The van der Waals surface area contributed by atoms with Crippen molar-refractivity contribution < 1.29 is 4.79 Å². The first-order chi connectivity index (χ1) is 9.20. The lowest BCUT2D eigenvalue weighted by molar-refractivity contribution is 0.0927. The number of thioether (sulfide) groups is 1. The van der Waals surface area contributed by atoms with Gasteiger partial charge in [-0.2, -0.15) is 0 Å². The van der Waals surface area contributed by atoms with Crippen LogP contribution in [0.15, 0.2) is 23.1 Å². The Balaban J connectivity index is 0.00000200. The zero-order valence-electron chi connectivity index (χ0n) is 11.4. The smallest absolute Gasteiger partial charge is 0.252 e. The van der Waals surface area contributed by atoms with Gasteiger partial charge in [-0.3, -0.25) is 4.79 Å². The summed E-state index contributed by atoms with van der Waals surface area (Å²) < 4.78 is 0. The van der Waals surface area contributed by atoms with Crippen LogP contribution in [0.2, 0.25) is 5.02 Å². The highest BCUT2D eigenvalue weighted by atomic mass is 35.5. The minimum Gasteiger partial charge on any atom is -0.348 e. The topological polar surface area (TPSA) is 41.1 Å². The Hall–Kier alpha value is -0.420. The molecule has 0 spiro atoms. The number of carbonyl (C=O) groups is 1. The van der Waals surface area contributed by atoms with Gasteiger partial charge in [0.15, 0.2) is 0 Å². The molecule has 1 amide bonds. The van der Waals surface area contributed by atoms with Crippen LogP contribution in [-0.4, -0.2) is 30.8 Å². The molecule has 0 unspecified atom stereocenters. The van der Waals surface area contributed by atoms with E-state index in [1.54, 1.807) is 17.8 Å². The lowest BCUT2D eigenvalue weighted by Gasteiger charge is -2.24. The first kappa shape index (κ1) is 17.6. The number of nitrogens with one attached hydrogen (secondary N) is 2. The molecule has 6 heteroatoms. The third-order valence-electron chi connectivity index (χ3n) is 3.12. The molecule has 1 aliphatic rings. The van der Waals surface area contributed by atoms with E-state index in [2.05, 4.69) is 17.6 Å². The molecule has 1 aromatic carbocycles. The summed E-state index contributed by atoms with van der Waals surface area (Å²) in [5, 5.41) is 6.99. The zero-order chi connectivity index (χ0) is 13.7. The molecule has 0 bridgehead atoms. The van der Waals surface area contributed by atoms with Gasteiger partial charge in [0, 0.05) is 22.5 Å². The Morgan fingerprint density at radius 1 is 1.55 bits per heavy atom. The van der Waals surface area contributed by atoms with E-state index in [4.69, 9.17) is 11.6 Å². The van der Waals surface area contributed by atoms with E-state index in [9.17, 15) is 4.79 Å². The quantitative estimate of drug-likeness (QED) is 0.829. The van der Waals surface area contributed by atoms with Gasteiger partial charge in [0.05, 0.1) is 5.56 Å². The van der Waals surface area contributed by atoms with Crippen molar-refractivity contribution in [2.24, 2.45) is 0 Å². The summed E-state index contributed by atoms with van der Waals surface area (Å²) in [6.07, 6.45) is 2.15. The summed E-state index contributed by atoms with van der Waals surface area (Å²) in [5.41, 5.74) is 0.685. The van der Waals surface area contributed by atoms with Crippen LogP contribution >= 0.6 is 35.8 Å². The zero-order valence-corrected chi connectivity index (χ0v) is 13.8. The minimum absolute atomic E-state index is 0. The van der Waals surface area contributed by atoms with Crippen molar-refractivity contribution in [2.45, 2.75) is 30.7 Å². The molecule has 1 atom stereocenters. The van der Waals surface area contributed by atoms with Gasteiger partial charge in [-0.25, -0.2) is 0 Å². The standard InChI is InChI=1S/C14H19ClN2OS.ClH/c1-2-19-13-6-5-10(15)8-12(13)14(18)17-11-4-3-7-16-9-11;/h5-6,8,11,16H,2-4,7,9H2,1H3,(H,17,18);1H/t11-;/m0./s1. The van der Waals surface area contributed by atoms with Crippen molar-refractivity contribution in [3.05, 3.63) is 28.8 Å². The van der Waals surface area contributed by atoms with Crippen LogP contribution in [0.1, 0.15) is 30.1 Å². The van der Waals surface area contributed by atoms with Gasteiger partial charge in [0.1, 0.15) is 0 Å². The lowest BCUT2D eigenvalue weighted by atomic mass is 10.1. The minimum atomic E-state index is -0.0212. The van der Waals surface area contributed by atoms with Crippen LogP contribution in [0.25, 0.3) is 0 Å². The van der Waals surface area contributed by atoms with Crippen molar-refractivity contribution in [3.63, 3.8) is 0 Å². The number of hydrogen-bond donors (Lipinski definition) is 2. The summed E-state index contributed by atoms with van der Waals surface area (Å²) in [6, 6.07) is 5.73. The highest BCUT2D eigenvalue weighted by Gasteiger charge is 2.18. The summed E-state index contributed by atoms with van der Waals surface area (Å²) in [6.45, 7) is 3.97. The first-order valence-electron chi connectivity index (χ1n) is 6.64. The maximum Gasteiger partial charge on any atom is 0.252 e. The van der Waals surface area contributed by atoms with Gasteiger partial charge >= 0.3 is 0 Å². The van der Waals surface area contributed by atoms with Crippen LogP contribution in [0.4, 0.5) is 0 Å². The predicted octanol–water partition coefficient (Wildman–Crippen LogP) is 3.36. The normalized spacial score (nSPS) is 18.2. The summed E-state index contributed by atoms with van der Waals surface area (Å²) in [5.74, 6) is 0.916. The molecule has 1 heterocycles. The maximum absolute atomic E-state index is 12.3. The number of amides is 1. The second-order valence-corrected chi connectivity index (χ2v) is 6.33. The monoisotopic (exact) mass is 334 g/mol. The average molecular weight is 335 g/mol. The van der Waals surface area contributed by atoms with Crippen LogP contribution < -0.4 is 10.6 Å². The number of carbonyl (C=O) groups excluding carboxylic acids is 1. The van der Waals surface area contributed by atoms with Gasteiger partial charge in [-0.1, -0.05) is 18.5 Å². The molecule has 0 aliphatic carbocycles. The lowest BCUT2D eigenvalue weighted by Crippen LogP contribution is -2.45. The fraction of sp³-hybridized carbons (Fsp3) is 0.500. The molecule has 0 radical (unpaired) electrons. The van der Waals surface area contributed by atoms with E-state index in [1.807, 2.05) is 12.1 Å². The summed E-state index contributed by atoms with van der Waals surface area (Å²) in [4.78, 5) is 13.3. The van der Waals surface area contributed by atoms with Crippen molar-refractivity contribution in [2.75, 3.05) is 18.8 Å². The van der Waals surface area contributed by atoms with Crippen molar-refractivity contribution in [1.82, 2.24) is 10.6 Å². The number of piperidine rings is 1. The van der Waals surface area contributed by atoms with E-state index < -0.39 is 0 Å². The molecular weight excluding hydrogens is 315 g/mol. The van der Waals surface area contributed by atoms with Gasteiger partial charge in [-0.05, 0) is 43.3 Å². The van der Waals surface area contributed by atoms with E-state index in [1.165, 1.54) is 0 Å².